The lowest BCUT2D eigenvalue weighted by Crippen LogP contribution is -2.00. The van der Waals surface area contributed by atoms with Crippen LogP contribution in [0.3, 0.4) is 0 Å². The van der Waals surface area contributed by atoms with Crippen molar-refractivity contribution in [2.75, 3.05) is 0 Å². The van der Waals surface area contributed by atoms with E-state index in [2.05, 4.69) is 235 Å². The number of rotatable bonds is 8. The summed E-state index contributed by atoms with van der Waals surface area (Å²) in [5, 5.41) is 4.31. The summed E-state index contributed by atoms with van der Waals surface area (Å²) in [5.74, 6) is 1.79. The maximum absolute atomic E-state index is 6.93. The van der Waals surface area contributed by atoms with Crippen LogP contribution in [0.15, 0.2) is 247 Å². The minimum atomic E-state index is 0.585. The molecule has 5 heteroatoms. The SMILES string of the molecule is c1ccc(-c2ccc(-c3cccc(-n4c5ccccc5c5ccc6c7cc(-c8nc(-c9ccc(-c%10ccccc%10)cc9)nc(-c9cccc(-c%10ccccc%10)c9)n8)ccc7oc6c54)c3)cc2)cc1. The third-order valence-corrected chi connectivity index (χ3v) is 13.1. The molecule has 10 aromatic carbocycles. The van der Waals surface area contributed by atoms with Gasteiger partial charge in [-0.15, -0.1) is 0 Å². The van der Waals surface area contributed by atoms with E-state index in [0.29, 0.717) is 17.5 Å². The quantitative estimate of drug-likeness (QED) is 0.153. The third-order valence-electron chi connectivity index (χ3n) is 13.1. The fourth-order valence-corrected chi connectivity index (χ4v) is 9.67. The molecule has 0 spiro atoms. The standard InChI is InChI=1S/C63H40N4O/c1-4-14-41(15-5-1)44-26-28-46(29-27-44)49-21-13-23-52(39-49)67-57-25-11-10-24-53(57)54-35-36-55-56-40-51(34-37-58(56)68-60(55)59(54)67)63-65-61(47-32-30-45(31-33-47)42-16-6-2-7-17-42)64-62(66-63)50-22-12-20-48(38-50)43-18-8-3-9-19-43/h1-40H. The van der Waals surface area contributed by atoms with Gasteiger partial charge in [-0.05, 0) is 93.0 Å². The van der Waals surface area contributed by atoms with Gasteiger partial charge in [0.1, 0.15) is 5.58 Å². The van der Waals surface area contributed by atoms with E-state index in [9.17, 15) is 0 Å². The van der Waals surface area contributed by atoms with E-state index in [1.54, 1.807) is 0 Å². The molecule has 13 rings (SSSR count). The minimum Gasteiger partial charge on any atom is -0.454 e. The van der Waals surface area contributed by atoms with Gasteiger partial charge in [0.15, 0.2) is 23.1 Å². The Kier molecular flexibility index (Phi) is 9.43. The number of nitrogens with zero attached hydrogens (tertiary/aromatic N) is 4. The molecule has 0 unspecified atom stereocenters. The van der Waals surface area contributed by atoms with Crippen molar-refractivity contribution in [3.8, 4) is 84.4 Å². The number of aromatic nitrogens is 4. The predicted octanol–water partition coefficient (Wildman–Crippen LogP) is 16.5. The zero-order valence-corrected chi connectivity index (χ0v) is 36.8. The van der Waals surface area contributed by atoms with E-state index < -0.39 is 0 Å². The molecule has 0 bridgehead atoms. The molecule has 0 N–H and O–H groups in total. The first kappa shape index (κ1) is 39.2. The van der Waals surface area contributed by atoms with Crippen molar-refractivity contribution < 1.29 is 4.42 Å². The molecule has 0 radical (unpaired) electrons. The molecule has 0 aliphatic carbocycles. The van der Waals surface area contributed by atoms with Gasteiger partial charge in [0.05, 0.1) is 11.0 Å². The molecule has 0 atom stereocenters. The summed E-state index contributed by atoms with van der Waals surface area (Å²) in [6.07, 6.45) is 0. The smallest absolute Gasteiger partial charge is 0.164 e. The molecule has 13 aromatic rings. The van der Waals surface area contributed by atoms with Crippen LogP contribution in [0.2, 0.25) is 0 Å². The summed E-state index contributed by atoms with van der Waals surface area (Å²) < 4.78 is 9.29. The molecule has 0 amide bonds. The maximum Gasteiger partial charge on any atom is 0.164 e. The monoisotopic (exact) mass is 868 g/mol. The number of benzene rings is 10. The average Bonchev–Trinajstić information content (AvgIpc) is 3.97. The maximum atomic E-state index is 6.93. The molecule has 68 heavy (non-hydrogen) atoms. The van der Waals surface area contributed by atoms with Gasteiger partial charge in [-0.1, -0.05) is 194 Å². The topological polar surface area (TPSA) is 56.7 Å². The van der Waals surface area contributed by atoms with Crippen LogP contribution in [-0.2, 0) is 0 Å². The molecule has 0 saturated carbocycles. The molecule has 0 aliphatic rings. The molecule has 0 fully saturated rings. The first-order valence-corrected chi connectivity index (χ1v) is 22.9. The van der Waals surface area contributed by atoms with Gasteiger partial charge in [0.2, 0.25) is 0 Å². The lowest BCUT2D eigenvalue weighted by molar-refractivity contribution is 0.671. The van der Waals surface area contributed by atoms with Crippen molar-refractivity contribution >= 4 is 43.7 Å². The van der Waals surface area contributed by atoms with Gasteiger partial charge in [-0.25, -0.2) is 15.0 Å². The van der Waals surface area contributed by atoms with Crippen LogP contribution in [-0.4, -0.2) is 19.5 Å². The van der Waals surface area contributed by atoms with Crippen LogP contribution in [0.1, 0.15) is 0 Å². The lowest BCUT2D eigenvalue weighted by Gasteiger charge is -2.11. The van der Waals surface area contributed by atoms with Crippen LogP contribution < -0.4 is 0 Å². The average molecular weight is 869 g/mol. The summed E-state index contributed by atoms with van der Waals surface area (Å²) in [6.45, 7) is 0. The van der Waals surface area contributed by atoms with Crippen LogP contribution in [0.4, 0.5) is 0 Å². The number of fused-ring (bicyclic) bond motifs is 7. The predicted molar refractivity (Wildman–Crippen MR) is 279 cm³/mol. The van der Waals surface area contributed by atoms with E-state index >= 15 is 0 Å². The molecule has 0 saturated heterocycles. The zero-order valence-electron chi connectivity index (χ0n) is 36.8. The molecular weight excluding hydrogens is 829 g/mol. The Hall–Kier alpha value is -9.19. The van der Waals surface area contributed by atoms with Crippen molar-refractivity contribution in [3.63, 3.8) is 0 Å². The van der Waals surface area contributed by atoms with Crippen LogP contribution in [0.5, 0.6) is 0 Å². The molecule has 3 heterocycles. The Morgan fingerprint density at radius 2 is 0.721 bits per heavy atom. The number of para-hydroxylation sites is 1. The van der Waals surface area contributed by atoms with E-state index in [1.807, 2.05) is 12.1 Å². The highest BCUT2D eigenvalue weighted by Crippen LogP contribution is 2.42. The fourth-order valence-electron chi connectivity index (χ4n) is 9.67. The van der Waals surface area contributed by atoms with Gasteiger partial charge in [-0.3, -0.25) is 0 Å². The highest BCUT2D eigenvalue weighted by Gasteiger charge is 2.21. The molecule has 3 aromatic heterocycles. The highest BCUT2D eigenvalue weighted by atomic mass is 16.3. The Morgan fingerprint density at radius 3 is 1.37 bits per heavy atom. The van der Waals surface area contributed by atoms with Gasteiger partial charge in [0, 0.05) is 43.9 Å². The Morgan fingerprint density at radius 1 is 0.279 bits per heavy atom. The fraction of sp³-hybridized carbons (Fsp3) is 0. The van der Waals surface area contributed by atoms with Crippen LogP contribution in [0, 0.1) is 0 Å². The Balaban J connectivity index is 0.945. The second-order valence-electron chi connectivity index (χ2n) is 17.2. The Bertz CT molecular complexity index is 3990. The van der Waals surface area contributed by atoms with Crippen LogP contribution >= 0.6 is 0 Å². The first-order chi connectivity index (χ1) is 33.7. The van der Waals surface area contributed by atoms with Gasteiger partial charge < -0.3 is 8.98 Å². The number of furan rings is 1. The van der Waals surface area contributed by atoms with Gasteiger partial charge in [-0.2, -0.15) is 0 Å². The summed E-state index contributed by atoms with van der Waals surface area (Å²) in [7, 11) is 0. The lowest BCUT2D eigenvalue weighted by atomic mass is 10.00. The van der Waals surface area contributed by atoms with Crippen molar-refractivity contribution in [2.45, 2.75) is 0 Å². The minimum absolute atomic E-state index is 0.585. The normalized spacial score (nSPS) is 11.5. The van der Waals surface area contributed by atoms with E-state index in [0.717, 1.165) is 94.1 Å². The third kappa shape index (κ3) is 6.93. The van der Waals surface area contributed by atoms with Crippen molar-refractivity contribution in [1.29, 1.82) is 0 Å². The van der Waals surface area contributed by atoms with Crippen molar-refractivity contribution in [1.82, 2.24) is 19.5 Å². The van der Waals surface area contributed by atoms with Crippen molar-refractivity contribution in [3.05, 3.63) is 243 Å². The molecule has 0 aliphatic heterocycles. The van der Waals surface area contributed by atoms with E-state index in [4.69, 9.17) is 19.4 Å². The summed E-state index contributed by atoms with van der Waals surface area (Å²) >= 11 is 0. The van der Waals surface area contributed by atoms with Gasteiger partial charge in [0.25, 0.3) is 0 Å². The largest absolute Gasteiger partial charge is 0.454 e. The van der Waals surface area contributed by atoms with Crippen molar-refractivity contribution in [2.24, 2.45) is 0 Å². The van der Waals surface area contributed by atoms with Gasteiger partial charge >= 0.3 is 0 Å². The molecule has 5 nitrogen and oxygen atoms in total. The second kappa shape index (κ2) is 16.4. The van der Waals surface area contributed by atoms with E-state index in [1.165, 1.54) is 16.5 Å². The summed E-state index contributed by atoms with van der Waals surface area (Å²) in [5.41, 5.74) is 16.7. The first-order valence-electron chi connectivity index (χ1n) is 22.9. The molecular formula is C63H40N4O. The summed E-state index contributed by atoms with van der Waals surface area (Å²) in [4.78, 5) is 15.5. The van der Waals surface area contributed by atoms with Crippen LogP contribution in [0.25, 0.3) is 128 Å². The summed E-state index contributed by atoms with van der Waals surface area (Å²) in [6, 6.07) is 85.2. The second-order valence-corrected chi connectivity index (χ2v) is 17.2. The molecule has 318 valence electrons. The zero-order chi connectivity index (χ0) is 45.0. The number of hydrogen-bond acceptors (Lipinski definition) is 4. The number of hydrogen-bond donors (Lipinski definition) is 0. The Labute approximate surface area is 392 Å². The highest BCUT2D eigenvalue weighted by molar-refractivity contribution is 6.21. The van der Waals surface area contributed by atoms with E-state index in [-0.39, 0.29) is 0 Å².